The summed E-state index contributed by atoms with van der Waals surface area (Å²) in [4.78, 5) is 4.57. The van der Waals surface area contributed by atoms with Gasteiger partial charge in [0.25, 0.3) is 0 Å². The lowest BCUT2D eigenvalue weighted by molar-refractivity contribution is 0.602. The Kier molecular flexibility index (Phi) is 2.50. The molecular weight excluding hydrogens is 238 g/mol. The van der Waals surface area contributed by atoms with Crippen molar-refractivity contribution in [1.29, 1.82) is 0 Å². The van der Waals surface area contributed by atoms with E-state index in [1.54, 1.807) is 11.4 Å². The van der Waals surface area contributed by atoms with E-state index < -0.39 is 9.84 Å². The lowest BCUT2D eigenvalue weighted by atomic mass is 10.2. The maximum Gasteiger partial charge on any atom is 0.181 e. The highest BCUT2D eigenvalue weighted by molar-refractivity contribution is 7.91. The number of hydrogen-bond acceptors (Lipinski definition) is 4. The second kappa shape index (κ2) is 3.53. The zero-order valence-corrected chi connectivity index (χ0v) is 11.4. The number of rotatable bonds is 1. The minimum absolute atomic E-state index is 0.226. The summed E-state index contributed by atoms with van der Waals surface area (Å²) >= 11 is 0. The molecule has 0 atom stereocenters. The first-order chi connectivity index (χ1) is 7.73. The van der Waals surface area contributed by atoms with Crippen molar-refractivity contribution < 1.29 is 8.42 Å². The molecule has 5 nitrogen and oxygen atoms in total. The molecule has 2 heterocycles. The Bertz CT molecular complexity index is 714. The smallest absolute Gasteiger partial charge is 0.181 e. The minimum atomic E-state index is -3.31. The molecule has 0 aliphatic rings. The van der Waals surface area contributed by atoms with Crippen LogP contribution in [0.25, 0.3) is 5.65 Å². The molecule has 0 unspecified atom stereocenters. The third-order valence-corrected chi connectivity index (χ3v) is 4.25. The molecule has 0 N–H and O–H groups in total. The van der Waals surface area contributed by atoms with Crippen molar-refractivity contribution in [3.63, 3.8) is 0 Å². The topological polar surface area (TPSA) is 64.3 Å². The highest BCUT2D eigenvalue weighted by atomic mass is 32.2. The highest BCUT2D eigenvalue weighted by Crippen LogP contribution is 2.22. The fourth-order valence-corrected chi connectivity index (χ4v) is 2.97. The molecule has 0 fully saturated rings. The lowest BCUT2D eigenvalue weighted by Gasteiger charge is -2.06. The zero-order valence-electron chi connectivity index (χ0n) is 10.6. The van der Waals surface area contributed by atoms with Crippen molar-refractivity contribution in [3.05, 3.63) is 22.6 Å². The first kappa shape index (κ1) is 12.0. The van der Waals surface area contributed by atoms with Crippen LogP contribution in [0.5, 0.6) is 0 Å². The van der Waals surface area contributed by atoms with Gasteiger partial charge in [-0.05, 0) is 33.3 Å². The van der Waals surface area contributed by atoms with Gasteiger partial charge in [0, 0.05) is 17.6 Å². The largest absolute Gasteiger partial charge is 0.232 e. The van der Waals surface area contributed by atoms with Crippen LogP contribution < -0.4 is 0 Å². The van der Waals surface area contributed by atoms with Gasteiger partial charge in [0.1, 0.15) is 4.90 Å². The second-order valence-electron chi connectivity index (χ2n) is 4.33. The first-order valence-electron chi connectivity index (χ1n) is 5.26. The van der Waals surface area contributed by atoms with Crippen molar-refractivity contribution in [1.82, 2.24) is 14.6 Å². The summed E-state index contributed by atoms with van der Waals surface area (Å²) in [5.41, 5.74) is 3.70. The molecule has 0 aromatic carbocycles. The molecular formula is C11H15N3O2S. The van der Waals surface area contributed by atoms with Crippen molar-refractivity contribution in [2.24, 2.45) is 0 Å². The zero-order chi connectivity index (χ0) is 13.0. The molecule has 0 spiro atoms. The van der Waals surface area contributed by atoms with E-state index in [1.165, 1.54) is 6.26 Å². The molecule has 0 radical (unpaired) electrons. The Hall–Kier alpha value is -1.43. The van der Waals surface area contributed by atoms with E-state index >= 15 is 0 Å². The van der Waals surface area contributed by atoms with Crippen LogP contribution in [-0.2, 0) is 9.84 Å². The fourth-order valence-electron chi connectivity index (χ4n) is 1.93. The van der Waals surface area contributed by atoms with Gasteiger partial charge in [0.15, 0.2) is 15.5 Å². The van der Waals surface area contributed by atoms with Crippen molar-refractivity contribution >= 4 is 15.5 Å². The normalized spacial score (nSPS) is 12.3. The van der Waals surface area contributed by atoms with Crippen LogP contribution in [0, 0.1) is 27.7 Å². The fraction of sp³-hybridized carbons (Fsp3) is 0.455. The number of aryl methyl sites for hydroxylation is 3. The summed E-state index contributed by atoms with van der Waals surface area (Å²) in [5.74, 6) is 0. The van der Waals surface area contributed by atoms with E-state index in [2.05, 4.69) is 10.1 Å². The summed E-state index contributed by atoms with van der Waals surface area (Å²) in [7, 11) is -3.31. The van der Waals surface area contributed by atoms with Crippen LogP contribution in [0.2, 0.25) is 0 Å². The molecule has 17 heavy (non-hydrogen) atoms. The first-order valence-corrected chi connectivity index (χ1v) is 7.16. The van der Waals surface area contributed by atoms with Gasteiger partial charge in [-0.2, -0.15) is 5.10 Å². The summed E-state index contributed by atoms with van der Waals surface area (Å²) < 4.78 is 25.1. The molecule has 0 saturated carbocycles. The standard InChI is InChI=1S/C11H15N3O2S/c1-6-7(2)12-11-10(17(5,15)16)8(3)13-14(11)9(6)4/h1-5H3. The monoisotopic (exact) mass is 253 g/mol. The SMILES string of the molecule is Cc1nc2c(S(C)(=O)=O)c(C)nn2c(C)c1C. The van der Waals surface area contributed by atoms with Gasteiger partial charge in [-0.1, -0.05) is 0 Å². The van der Waals surface area contributed by atoms with Gasteiger partial charge in [-0.25, -0.2) is 17.9 Å². The average Bonchev–Trinajstić information content (AvgIpc) is 2.51. The molecule has 0 saturated heterocycles. The predicted octanol–water partition coefficient (Wildman–Crippen LogP) is 1.37. The van der Waals surface area contributed by atoms with Gasteiger partial charge in [-0.15, -0.1) is 0 Å². The van der Waals surface area contributed by atoms with E-state index in [4.69, 9.17) is 0 Å². The number of hydrogen-bond donors (Lipinski definition) is 0. The Morgan fingerprint density at radius 1 is 1.06 bits per heavy atom. The van der Waals surface area contributed by atoms with Gasteiger partial charge < -0.3 is 0 Å². The van der Waals surface area contributed by atoms with Crippen molar-refractivity contribution in [2.75, 3.05) is 6.26 Å². The Morgan fingerprint density at radius 3 is 2.18 bits per heavy atom. The van der Waals surface area contributed by atoms with Crippen LogP contribution in [0.3, 0.4) is 0 Å². The summed E-state index contributed by atoms with van der Waals surface area (Å²) in [6, 6.07) is 0. The Balaban J connectivity index is 3.04. The molecule has 6 heteroatoms. The van der Waals surface area contributed by atoms with E-state index in [0.717, 1.165) is 17.0 Å². The van der Waals surface area contributed by atoms with Crippen LogP contribution in [0.4, 0.5) is 0 Å². The van der Waals surface area contributed by atoms with Gasteiger partial charge >= 0.3 is 0 Å². The Morgan fingerprint density at radius 2 is 1.65 bits per heavy atom. The van der Waals surface area contributed by atoms with E-state index in [0.29, 0.717) is 11.3 Å². The molecule has 2 aromatic heterocycles. The number of sulfone groups is 1. The van der Waals surface area contributed by atoms with Crippen molar-refractivity contribution in [3.8, 4) is 0 Å². The van der Waals surface area contributed by atoms with Crippen LogP contribution in [0.1, 0.15) is 22.6 Å². The van der Waals surface area contributed by atoms with Gasteiger partial charge in [-0.3, -0.25) is 0 Å². The number of nitrogens with zero attached hydrogens (tertiary/aromatic N) is 3. The van der Waals surface area contributed by atoms with Crippen LogP contribution in [0.15, 0.2) is 4.90 Å². The second-order valence-corrected chi connectivity index (χ2v) is 6.28. The van der Waals surface area contributed by atoms with Gasteiger partial charge in [0.2, 0.25) is 0 Å². The quantitative estimate of drug-likeness (QED) is 0.770. The average molecular weight is 253 g/mol. The van der Waals surface area contributed by atoms with Gasteiger partial charge in [0.05, 0.1) is 5.69 Å². The van der Waals surface area contributed by atoms with E-state index in [1.807, 2.05) is 20.8 Å². The third-order valence-electron chi connectivity index (χ3n) is 3.03. The summed E-state index contributed by atoms with van der Waals surface area (Å²) in [6.45, 7) is 7.43. The molecule has 2 aromatic rings. The molecule has 0 aliphatic carbocycles. The number of aromatic nitrogens is 3. The van der Waals surface area contributed by atoms with E-state index in [-0.39, 0.29) is 4.90 Å². The maximum absolute atomic E-state index is 11.7. The highest BCUT2D eigenvalue weighted by Gasteiger charge is 2.22. The molecule has 2 rings (SSSR count). The molecule has 92 valence electrons. The van der Waals surface area contributed by atoms with Crippen LogP contribution >= 0.6 is 0 Å². The molecule has 0 amide bonds. The minimum Gasteiger partial charge on any atom is -0.232 e. The predicted molar refractivity (Wildman–Crippen MR) is 65.0 cm³/mol. The summed E-state index contributed by atoms with van der Waals surface area (Å²) in [5, 5.41) is 4.26. The number of fused-ring (bicyclic) bond motifs is 1. The van der Waals surface area contributed by atoms with Crippen LogP contribution in [-0.4, -0.2) is 29.3 Å². The maximum atomic E-state index is 11.7. The van der Waals surface area contributed by atoms with Crippen molar-refractivity contribution in [2.45, 2.75) is 32.6 Å². The molecule has 0 bridgehead atoms. The Labute approximate surface area is 100 Å². The summed E-state index contributed by atoms with van der Waals surface area (Å²) in [6.07, 6.45) is 1.18. The third kappa shape index (κ3) is 1.72. The molecule has 0 aliphatic heterocycles. The van der Waals surface area contributed by atoms with E-state index in [9.17, 15) is 8.42 Å². The lowest BCUT2D eigenvalue weighted by Crippen LogP contribution is -2.04.